The Kier molecular flexibility index (Phi) is 5.86. The second kappa shape index (κ2) is 8.10. The van der Waals surface area contributed by atoms with Gasteiger partial charge in [0.05, 0.1) is 11.1 Å². The van der Waals surface area contributed by atoms with Crippen molar-refractivity contribution in [2.75, 3.05) is 11.1 Å². The predicted octanol–water partition coefficient (Wildman–Crippen LogP) is 6.27. The van der Waals surface area contributed by atoms with Gasteiger partial charge < -0.3 is 11.1 Å². The number of halogens is 7. The standard InChI is InChI=1S/C20H12ClF6N3O/c21-12-4-1-10(2-5-12)18(31)30-16-8-6-13(17(28)29-16)14-9-11(19(22,23)24)3-7-15(14)20(25,26)27/h1-9H,(H3,28,29,30,31). The van der Waals surface area contributed by atoms with E-state index in [0.717, 1.165) is 12.1 Å². The number of nitrogens with two attached hydrogens (primary N) is 1. The Labute approximate surface area is 176 Å². The van der Waals surface area contributed by atoms with Crippen molar-refractivity contribution in [3.63, 3.8) is 0 Å². The molecule has 31 heavy (non-hydrogen) atoms. The van der Waals surface area contributed by atoms with Gasteiger partial charge in [-0.3, -0.25) is 4.79 Å². The predicted molar refractivity (Wildman–Crippen MR) is 103 cm³/mol. The third kappa shape index (κ3) is 5.08. The van der Waals surface area contributed by atoms with Crippen LogP contribution in [0.4, 0.5) is 38.0 Å². The Morgan fingerprint density at radius 3 is 2.06 bits per heavy atom. The quantitative estimate of drug-likeness (QED) is 0.453. The molecule has 11 heteroatoms. The molecule has 0 bridgehead atoms. The summed E-state index contributed by atoms with van der Waals surface area (Å²) in [6, 6.07) is 9.08. The highest BCUT2D eigenvalue weighted by Gasteiger charge is 2.37. The van der Waals surface area contributed by atoms with Gasteiger partial charge in [-0.25, -0.2) is 4.98 Å². The number of aromatic nitrogens is 1. The third-order valence-electron chi connectivity index (χ3n) is 4.22. The van der Waals surface area contributed by atoms with Gasteiger partial charge >= 0.3 is 12.4 Å². The van der Waals surface area contributed by atoms with Crippen molar-refractivity contribution in [1.82, 2.24) is 4.98 Å². The van der Waals surface area contributed by atoms with Crippen LogP contribution in [0, 0.1) is 0 Å². The van der Waals surface area contributed by atoms with Gasteiger partial charge in [0, 0.05) is 16.1 Å². The molecule has 0 spiro atoms. The molecule has 0 radical (unpaired) electrons. The van der Waals surface area contributed by atoms with Crippen LogP contribution in [0.1, 0.15) is 21.5 Å². The van der Waals surface area contributed by atoms with Crippen LogP contribution in [-0.4, -0.2) is 10.9 Å². The number of carbonyl (C=O) groups excluding carboxylic acids is 1. The monoisotopic (exact) mass is 459 g/mol. The Hall–Kier alpha value is -3.27. The molecule has 0 aliphatic heterocycles. The van der Waals surface area contributed by atoms with Crippen LogP contribution in [0.25, 0.3) is 11.1 Å². The van der Waals surface area contributed by atoms with E-state index in [1.54, 1.807) is 0 Å². The highest BCUT2D eigenvalue weighted by Crippen LogP contribution is 2.42. The molecule has 0 saturated heterocycles. The number of nitrogens with one attached hydrogen (secondary N) is 1. The summed E-state index contributed by atoms with van der Waals surface area (Å²) < 4.78 is 79.1. The number of nitrogens with zero attached hydrogens (tertiary/aromatic N) is 1. The Morgan fingerprint density at radius 2 is 1.52 bits per heavy atom. The summed E-state index contributed by atoms with van der Waals surface area (Å²) in [6.45, 7) is 0. The van der Waals surface area contributed by atoms with Crippen molar-refractivity contribution < 1.29 is 31.1 Å². The molecule has 0 aliphatic rings. The van der Waals surface area contributed by atoms with Crippen LogP contribution >= 0.6 is 11.6 Å². The smallest absolute Gasteiger partial charge is 0.383 e. The molecular formula is C20H12ClF6N3O. The summed E-state index contributed by atoms with van der Waals surface area (Å²) in [5, 5.41) is 2.81. The molecule has 2 aromatic carbocycles. The average molecular weight is 460 g/mol. The first-order chi connectivity index (χ1) is 14.4. The summed E-state index contributed by atoms with van der Waals surface area (Å²) in [5.41, 5.74) is 2.26. The van der Waals surface area contributed by atoms with Gasteiger partial charge in [-0.1, -0.05) is 11.6 Å². The molecule has 0 aliphatic carbocycles. The molecule has 1 aromatic heterocycles. The first-order valence-electron chi connectivity index (χ1n) is 8.48. The van der Waals surface area contributed by atoms with Crippen LogP contribution in [0.15, 0.2) is 54.6 Å². The van der Waals surface area contributed by atoms with Crippen molar-refractivity contribution >= 4 is 29.1 Å². The zero-order valence-corrected chi connectivity index (χ0v) is 16.0. The van der Waals surface area contributed by atoms with Crippen LogP contribution in [-0.2, 0) is 12.4 Å². The number of pyridine rings is 1. The maximum Gasteiger partial charge on any atom is 0.417 e. The molecular weight excluding hydrogens is 448 g/mol. The molecule has 3 N–H and O–H groups in total. The van der Waals surface area contributed by atoms with Crippen LogP contribution < -0.4 is 11.1 Å². The molecule has 0 fully saturated rings. The van der Waals surface area contributed by atoms with Crippen molar-refractivity contribution in [1.29, 1.82) is 0 Å². The Balaban J connectivity index is 1.99. The van der Waals surface area contributed by atoms with Gasteiger partial charge in [-0.2, -0.15) is 26.3 Å². The number of anilines is 2. The lowest BCUT2D eigenvalue weighted by Gasteiger charge is -2.17. The average Bonchev–Trinajstić information content (AvgIpc) is 2.66. The molecule has 3 rings (SSSR count). The van der Waals surface area contributed by atoms with E-state index in [1.807, 2.05) is 0 Å². The van der Waals surface area contributed by atoms with Crippen LogP contribution in [0.2, 0.25) is 5.02 Å². The number of amides is 1. The summed E-state index contributed by atoms with van der Waals surface area (Å²) >= 11 is 5.75. The van der Waals surface area contributed by atoms with Crippen LogP contribution in [0.3, 0.4) is 0 Å². The minimum Gasteiger partial charge on any atom is -0.383 e. The van der Waals surface area contributed by atoms with E-state index >= 15 is 0 Å². The van der Waals surface area contributed by atoms with E-state index in [2.05, 4.69) is 10.3 Å². The lowest BCUT2D eigenvalue weighted by atomic mass is 9.97. The fraction of sp³-hybridized carbons (Fsp3) is 0.100. The largest absolute Gasteiger partial charge is 0.417 e. The molecule has 162 valence electrons. The second-order valence-corrected chi connectivity index (χ2v) is 6.78. The lowest BCUT2D eigenvalue weighted by molar-refractivity contribution is -0.141. The number of alkyl halides is 6. The topological polar surface area (TPSA) is 68.0 Å². The minimum absolute atomic E-state index is 0.0956. The van der Waals surface area contributed by atoms with E-state index in [1.165, 1.54) is 24.3 Å². The van der Waals surface area contributed by atoms with Crippen molar-refractivity contribution in [3.05, 3.63) is 76.3 Å². The summed E-state index contributed by atoms with van der Waals surface area (Å²) in [5.74, 6) is -1.17. The number of hydrogen-bond acceptors (Lipinski definition) is 3. The lowest BCUT2D eigenvalue weighted by Crippen LogP contribution is -2.14. The van der Waals surface area contributed by atoms with Gasteiger partial charge in [0.25, 0.3) is 5.91 Å². The molecule has 0 atom stereocenters. The SMILES string of the molecule is Nc1nc(NC(=O)c2ccc(Cl)cc2)ccc1-c1cc(C(F)(F)F)ccc1C(F)(F)F. The molecule has 0 saturated carbocycles. The maximum atomic E-state index is 13.4. The number of hydrogen-bond donors (Lipinski definition) is 2. The first-order valence-corrected chi connectivity index (χ1v) is 8.86. The normalized spacial score (nSPS) is 12.0. The maximum absolute atomic E-state index is 13.4. The fourth-order valence-electron chi connectivity index (χ4n) is 2.75. The molecule has 1 amide bonds. The number of carbonyl (C=O) groups is 1. The highest BCUT2D eigenvalue weighted by atomic mass is 35.5. The molecule has 4 nitrogen and oxygen atoms in total. The van der Waals surface area contributed by atoms with Gasteiger partial charge in [-0.15, -0.1) is 0 Å². The minimum atomic E-state index is -4.92. The van der Waals surface area contributed by atoms with Crippen molar-refractivity contribution in [2.45, 2.75) is 12.4 Å². The fourth-order valence-corrected chi connectivity index (χ4v) is 2.88. The van der Waals surface area contributed by atoms with E-state index < -0.39 is 40.8 Å². The van der Waals surface area contributed by atoms with E-state index in [9.17, 15) is 31.1 Å². The number of rotatable bonds is 3. The Morgan fingerprint density at radius 1 is 0.871 bits per heavy atom. The van der Waals surface area contributed by atoms with Crippen molar-refractivity contribution in [2.24, 2.45) is 0 Å². The second-order valence-electron chi connectivity index (χ2n) is 6.35. The Bertz CT molecular complexity index is 1130. The van der Waals surface area contributed by atoms with Crippen LogP contribution in [0.5, 0.6) is 0 Å². The van der Waals surface area contributed by atoms with E-state index in [0.29, 0.717) is 23.2 Å². The summed E-state index contributed by atoms with van der Waals surface area (Å²) in [7, 11) is 0. The molecule has 3 aromatic rings. The third-order valence-corrected chi connectivity index (χ3v) is 4.47. The highest BCUT2D eigenvalue weighted by molar-refractivity contribution is 6.30. The number of nitrogen functional groups attached to an aromatic ring is 1. The molecule has 0 unspecified atom stereocenters. The van der Waals surface area contributed by atoms with Gasteiger partial charge in [-0.05, 0) is 60.2 Å². The van der Waals surface area contributed by atoms with Crippen molar-refractivity contribution in [3.8, 4) is 11.1 Å². The van der Waals surface area contributed by atoms with Gasteiger partial charge in [0.1, 0.15) is 11.6 Å². The zero-order valence-electron chi connectivity index (χ0n) is 15.3. The number of benzene rings is 2. The van der Waals surface area contributed by atoms with Gasteiger partial charge in [0.2, 0.25) is 0 Å². The van der Waals surface area contributed by atoms with E-state index in [-0.39, 0.29) is 16.9 Å². The zero-order chi connectivity index (χ0) is 23.0. The van der Waals surface area contributed by atoms with E-state index in [4.69, 9.17) is 17.3 Å². The first kappa shape index (κ1) is 22.4. The van der Waals surface area contributed by atoms with Gasteiger partial charge in [0.15, 0.2) is 0 Å². The molecule has 1 heterocycles. The summed E-state index contributed by atoms with van der Waals surface area (Å²) in [6.07, 6.45) is -9.78. The summed E-state index contributed by atoms with van der Waals surface area (Å²) in [4.78, 5) is 16.0.